The molecule has 2 aromatic rings. The third kappa shape index (κ3) is 3.53. The fourth-order valence-corrected chi connectivity index (χ4v) is 1.73. The molecule has 21 heavy (non-hydrogen) atoms. The lowest BCUT2D eigenvalue weighted by atomic mass is 10.1. The van der Waals surface area contributed by atoms with Crippen LogP contribution in [0.15, 0.2) is 22.7 Å². The number of aromatic carboxylic acids is 1. The summed E-state index contributed by atoms with van der Waals surface area (Å²) in [7, 11) is 0. The van der Waals surface area contributed by atoms with Gasteiger partial charge in [0.05, 0.1) is 4.92 Å². The van der Waals surface area contributed by atoms with Gasteiger partial charge in [-0.2, -0.15) is 4.98 Å². The number of rotatable bonds is 6. The number of aryl methyl sites for hydroxylation is 1. The Labute approximate surface area is 118 Å². The molecule has 9 nitrogen and oxygen atoms in total. The SMILES string of the molecule is Cc1noc(CCNc2ccc([N+](=O)[O-])c(C(=O)O)c2)n1. The number of carboxylic acid groups (broad SMARTS) is 1. The van der Waals surface area contributed by atoms with Crippen molar-refractivity contribution in [2.75, 3.05) is 11.9 Å². The molecule has 110 valence electrons. The molecular weight excluding hydrogens is 280 g/mol. The van der Waals surface area contributed by atoms with Gasteiger partial charge in [0.15, 0.2) is 5.82 Å². The Morgan fingerprint density at radius 1 is 1.52 bits per heavy atom. The standard InChI is InChI=1S/C12H12N4O5/c1-7-14-11(21-15-7)4-5-13-8-2-3-10(16(19)20)9(6-8)12(17)18/h2-3,6,13H,4-5H2,1H3,(H,17,18). The Kier molecular flexibility index (Phi) is 4.12. The molecule has 1 aromatic heterocycles. The van der Waals surface area contributed by atoms with Crippen LogP contribution in [-0.4, -0.2) is 32.7 Å². The summed E-state index contributed by atoms with van der Waals surface area (Å²) in [6.07, 6.45) is 0.459. The van der Waals surface area contributed by atoms with Gasteiger partial charge in [0.1, 0.15) is 5.56 Å². The summed E-state index contributed by atoms with van der Waals surface area (Å²) in [5.41, 5.74) is -0.339. The third-order valence-electron chi connectivity index (χ3n) is 2.66. The van der Waals surface area contributed by atoms with Gasteiger partial charge in [-0.25, -0.2) is 4.79 Å². The van der Waals surface area contributed by atoms with E-state index in [2.05, 4.69) is 15.5 Å². The maximum atomic E-state index is 11.0. The summed E-state index contributed by atoms with van der Waals surface area (Å²) in [4.78, 5) is 25.0. The van der Waals surface area contributed by atoms with Gasteiger partial charge in [-0.3, -0.25) is 10.1 Å². The second-order valence-corrected chi connectivity index (χ2v) is 4.21. The first-order valence-electron chi connectivity index (χ1n) is 6.02. The first kappa shape index (κ1) is 14.4. The van der Waals surface area contributed by atoms with Crippen LogP contribution in [0.25, 0.3) is 0 Å². The monoisotopic (exact) mass is 292 g/mol. The second-order valence-electron chi connectivity index (χ2n) is 4.21. The summed E-state index contributed by atoms with van der Waals surface area (Å²) in [5, 5.41) is 26.3. The summed E-state index contributed by atoms with van der Waals surface area (Å²) in [6.45, 7) is 2.13. The molecule has 1 heterocycles. The van der Waals surface area contributed by atoms with Gasteiger partial charge in [0, 0.05) is 24.7 Å². The highest BCUT2D eigenvalue weighted by Gasteiger charge is 2.19. The Morgan fingerprint density at radius 2 is 2.29 bits per heavy atom. The van der Waals surface area contributed by atoms with Crippen LogP contribution in [-0.2, 0) is 6.42 Å². The number of benzene rings is 1. The van der Waals surface area contributed by atoms with E-state index in [0.29, 0.717) is 30.4 Å². The summed E-state index contributed by atoms with van der Waals surface area (Å²) in [5.74, 6) is -0.355. The molecule has 0 unspecified atom stereocenters. The number of anilines is 1. The molecule has 0 aliphatic rings. The molecule has 1 aromatic carbocycles. The van der Waals surface area contributed by atoms with E-state index in [1.165, 1.54) is 12.1 Å². The van der Waals surface area contributed by atoms with Crippen molar-refractivity contribution in [2.45, 2.75) is 13.3 Å². The number of hydrogen-bond acceptors (Lipinski definition) is 7. The lowest BCUT2D eigenvalue weighted by Crippen LogP contribution is -2.08. The number of carbonyl (C=O) groups is 1. The maximum absolute atomic E-state index is 11.0. The second kappa shape index (κ2) is 5.99. The van der Waals surface area contributed by atoms with Crippen LogP contribution in [0.5, 0.6) is 0 Å². The van der Waals surface area contributed by atoms with E-state index >= 15 is 0 Å². The zero-order chi connectivity index (χ0) is 15.4. The van der Waals surface area contributed by atoms with Gasteiger partial charge in [-0.1, -0.05) is 5.16 Å². The smallest absolute Gasteiger partial charge is 0.342 e. The van der Waals surface area contributed by atoms with Crippen LogP contribution in [0, 0.1) is 17.0 Å². The van der Waals surface area contributed by atoms with Crippen molar-refractivity contribution in [3.63, 3.8) is 0 Å². The van der Waals surface area contributed by atoms with Gasteiger partial charge >= 0.3 is 5.97 Å². The molecule has 0 radical (unpaired) electrons. The molecule has 0 amide bonds. The van der Waals surface area contributed by atoms with E-state index in [0.717, 1.165) is 6.07 Å². The van der Waals surface area contributed by atoms with Crippen LogP contribution >= 0.6 is 0 Å². The Balaban J connectivity index is 2.05. The molecule has 0 saturated carbocycles. The lowest BCUT2D eigenvalue weighted by Gasteiger charge is -2.06. The van der Waals surface area contributed by atoms with Crippen molar-refractivity contribution in [3.05, 3.63) is 45.6 Å². The van der Waals surface area contributed by atoms with Crippen molar-refractivity contribution in [3.8, 4) is 0 Å². The van der Waals surface area contributed by atoms with Crippen LogP contribution in [0.3, 0.4) is 0 Å². The van der Waals surface area contributed by atoms with Crippen LogP contribution in [0.4, 0.5) is 11.4 Å². The van der Waals surface area contributed by atoms with E-state index < -0.39 is 16.6 Å². The predicted octanol–water partition coefficient (Wildman–Crippen LogP) is 1.64. The maximum Gasteiger partial charge on any atom is 0.342 e. The van der Waals surface area contributed by atoms with E-state index in [1.54, 1.807) is 6.92 Å². The Bertz CT molecular complexity index is 682. The first-order valence-corrected chi connectivity index (χ1v) is 6.02. The number of nitrogens with one attached hydrogen (secondary N) is 1. The topological polar surface area (TPSA) is 131 Å². The van der Waals surface area contributed by atoms with E-state index in [1.807, 2.05) is 0 Å². The Morgan fingerprint density at radius 3 is 2.86 bits per heavy atom. The molecule has 0 fully saturated rings. The fourth-order valence-electron chi connectivity index (χ4n) is 1.73. The molecule has 2 N–H and O–H groups in total. The van der Waals surface area contributed by atoms with Gasteiger partial charge in [-0.15, -0.1) is 0 Å². The van der Waals surface area contributed by atoms with Crippen LogP contribution in [0.1, 0.15) is 22.1 Å². The molecule has 0 spiro atoms. The minimum atomic E-state index is -1.35. The highest BCUT2D eigenvalue weighted by molar-refractivity contribution is 5.93. The number of nitrogens with zero attached hydrogens (tertiary/aromatic N) is 3. The number of carboxylic acids is 1. The molecule has 0 bridgehead atoms. The van der Waals surface area contributed by atoms with Gasteiger partial charge in [0.2, 0.25) is 5.89 Å². The first-order chi connectivity index (χ1) is 9.97. The van der Waals surface area contributed by atoms with Crippen molar-refractivity contribution in [1.82, 2.24) is 10.1 Å². The molecule has 0 aliphatic heterocycles. The average Bonchev–Trinajstić information content (AvgIpc) is 2.84. The van der Waals surface area contributed by atoms with Crippen LogP contribution in [0.2, 0.25) is 0 Å². The number of nitro groups is 1. The highest BCUT2D eigenvalue weighted by Crippen LogP contribution is 2.22. The summed E-state index contributed by atoms with van der Waals surface area (Å²) < 4.78 is 4.93. The minimum Gasteiger partial charge on any atom is -0.477 e. The van der Waals surface area contributed by atoms with Crippen LogP contribution < -0.4 is 5.32 Å². The zero-order valence-corrected chi connectivity index (χ0v) is 11.1. The lowest BCUT2D eigenvalue weighted by molar-refractivity contribution is -0.385. The predicted molar refractivity (Wildman–Crippen MR) is 71.3 cm³/mol. The largest absolute Gasteiger partial charge is 0.477 e. The van der Waals surface area contributed by atoms with Crippen molar-refractivity contribution in [1.29, 1.82) is 0 Å². The summed E-state index contributed by atoms with van der Waals surface area (Å²) >= 11 is 0. The summed E-state index contributed by atoms with van der Waals surface area (Å²) in [6, 6.07) is 3.83. The van der Waals surface area contributed by atoms with E-state index in [-0.39, 0.29) is 5.56 Å². The van der Waals surface area contributed by atoms with E-state index in [9.17, 15) is 14.9 Å². The average molecular weight is 292 g/mol. The molecule has 0 saturated heterocycles. The highest BCUT2D eigenvalue weighted by atomic mass is 16.6. The van der Waals surface area contributed by atoms with E-state index in [4.69, 9.17) is 9.63 Å². The number of hydrogen-bond donors (Lipinski definition) is 2. The van der Waals surface area contributed by atoms with Gasteiger partial charge in [-0.05, 0) is 19.1 Å². The van der Waals surface area contributed by atoms with Crippen molar-refractivity contribution >= 4 is 17.3 Å². The number of nitro benzene ring substituents is 1. The molecule has 0 atom stereocenters. The van der Waals surface area contributed by atoms with Crippen molar-refractivity contribution < 1.29 is 19.3 Å². The van der Waals surface area contributed by atoms with Gasteiger partial charge < -0.3 is 14.9 Å². The zero-order valence-electron chi connectivity index (χ0n) is 11.1. The van der Waals surface area contributed by atoms with Crippen molar-refractivity contribution in [2.24, 2.45) is 0 Å². The fraction of sp³-hybridized carbons (Fsp3) is 0.250. The third-order valence-corrected chi connectivity index (χ3v) is 2.66. The molecular formula is C12H12N4O5. The number of aromatic nitrogens is 2. The molecule has 2 rings (SSSR count). The molecule has 9 heteroatoms. The quantitative estimate of drug-likeness (QED) is 0.606. The normalized spacial score (nSPS) is 10.3. The van der Waals surface area contributed by atoms with Gasteiger partial charge in [0.25, 0.3) is 5.69 Å². The molecule has 0 aliphatic carbocycles. The Hall–Kier alpha value is -2.97. The minimum absolute atomic E-state index is 0.362.